The highest BCUT2D eigenvalue weighted by Crippen LogP contribution is 2.38. The van der Waals surface area contributed by atoms with E-state index in [0.717, 1.165) is 68.8 Å². The van der Waals surface area contributed by atoms with Gasteiger partial charge in [-0.05, 0) is 74.2 Å². The van der Waals surface area contributed by atoms with Crippen LogP contribution < -0.4 is 0 Å². The van der Waals surface area contributed by atoms with E-state index in [-0.39, 0.29) is 0 Å². The Hall–Kier alpha value is -1.06. The standard InChI is InChI=1S/C21H29ClN2O/c22-20-6-1-3-17(11-20)13-23-9-7-16(8-10-23)12-21(25)24-14-18-4-2-5-19(18)15-24/h1,3,6,11,16,18-19H,2,4-5,7-10,12-15H2. The minimum absolute atomic E-state index is 0.419. The molecule has 0 spiro atoms. The van der Waals surface area contributed by atoms with Crippen LogP contribution in [0.5, 0.6) is 0 Å². The molecule has 2 saturated heterocycles. The van der Waals surface area contributed by atoms with Crippen LogP contribution in [0.4, 0.5) is 0 Å². The van der Waals surface area contributed by atoms with Crippen LogP contribution in [0.2, 0.25) is 5.02 Å². The zero-order valence-electron chi connectivity index (χ0n) is 15.0. The monoisotopic (exact) mass is 360 g/mol. The number of likely N-dealkylation sites (tertiary alicyclic amines) is 2. The summed E-state index contributed by atoms with van der Waals surface area (Å²) in [7, 11) is 0. The Bertz CT molecular complexity index is 600. The van der Waals surface area contributed by atoms with Gasteiger partial charge in [0, 0.05) is 31.1 Å². The Morgan fingerprint density at radius 1 is 1.08 bits per heavy atom. The summed E-state index contributed by atoms with van der Waals surface area (Å²) in [6.07, 6.45) is 7.12. The molecule has 0 N–H and O–H groups in total. The van der Waals surface area contributed by atoms with E-state index in [0.29, 0.717) is 11.8 Å². The maximum absolute atomic E-state index is 12.7. The highest BCUT2D eigenvalue weighted by molar-refractivity contribution is 6.30. The highest BCUT2D eigenvalue weighted by Gasteiger charge is 2.38. The summed E-state index contributed by atoms with van der Waals surface area (Å²) < 4.78 is 0. The fourth-order valence-corrected chi connectivity index (χ4v) is 5.27. The molecule has 2 aliphatic heterocycles. The minimum Gasteiger partial charge on any atom is -0.342 e. The number of amides is 1. The van der Waals surface area contributed by atoms with Gasteiger partial charge in [0.1, 0.15) is 0 Å². The van der Waals surface area contributed by atoms with Gasteiger partial charge < -0.3 is 4.90 Å². The molecule has 136 valence electrons. The molecular weight excluding hydrogens is 332 g/mol. The summed E-state index contributed by atoms with van der Waals surface area (Å²) in [5.74, 6) is 2.61. The van der Waals surface area contributed by atoms with Gasteiger partial charge in [-0.15, -0.1) is 0 Å². The predicted molar refractivity (Wildman–Crippen MR) is 101 cm³/mol. The Morgan fingerprint density at radius 3 is 2.48 bits per heavy atom. The molecule has 3 fully saturated rings. The van der Waals surface area contributed by atoms with Gasteiger partial charge in [-0.3, -0.25) is 9.69 Å². The van der Waals surface area contributed by atoms with Crippen LogP contribution in [0, 0.1) is 17.8 Å². The maximum Gasteiger partial charge on any atom is 0.222 e. The molecule has 0 aromatic heterocycles. The van der Waals surface area contributed by atoms with Crippen LogP contribution >= 0.6 is 11.6 Å². The topological polar surface area (TPSA) is 23.6 Å². The average molecular weight is 361 g/mol. The van der Waals surface area contributed by atoms with Gasteiger partial charge in [-0.1, -0.05) is 30.2 Å². The number of carbonyl (C=O) groups is 1. The Labute approximate surface area is 156 Å². The van der Waals surface area contributed by atoms with E-state index in [9.17, 15) is 4.79 Å². The van der Waals surface area contributed by atoms with Crippen LogP contribution in [-0.2, 0) is 11.3 Å². The fourth-order valence-electron chi connectivity index (χ4n) is 5.06. The van der Waals surface area contributed by atoms with E-state index in [4.69, 9.17) is 11.6 Å². The molecule has 4 rings (SSSR count). The van der Waals surface area contributed by atoms with Crippen molar-refractivity contribution in [3.8, 4) is 0 Å². The number of benzene rings is 1. The lowest BCUT2D eigenvalue weighted by atomic mass is 9.92. The van der Waals surface area contributed by atoms with E-state index < -0.39 is 0 Å². The third kappa shape index (κ3) is 4.20. The molecule has 3 aliphatic rings. The first-order valence-corrected chi connectivity index (χ1v) is 10.3. The molecule has 1 aliphatic carbocycles. The van der Waals surface area contributed by atoms with Crippen LogP contribution in [-0.4, -0.2) is 41.9 Å². The lowest BCUT2D eigenvalue weighted by Gasteiger charge is -2.32. The molecule has 3 nitrogen and oxygen atoms in total. The summed E-state index contributed by atoms with van der Waals surface area (Å²) in [4.78, 5) is 17.3. The van der Waals surface area contributed by atoms with E-state index in [1.807, 2.05) is 12.1 Å². The van der Waals surface area contributed by atoms with Crippen molar-refractivity contribution in [1.82, 2.24) is 9.80 Å². The average Bonchev–Trinajstić information content (AvgIpc) is 3.18. The van der Waals surface area contributed by atoms with Crippen molar-refractivity contribution in [1.29, 1.82) is 0 Å². The number of piperidine rings is 1. The normalized spacial score (nSPS) is 27.6. The summed E-state index contributed by atoms with van der Waals surface area (Å²) in [6, 6.07) is 8.15. The van der Waals surface area contributed by atoms with Crippen molar-refractivity contribution in [2.24, 2.45) is 17.8 Å². The Kier molecular flexibility index (Phi) is 5.33. The van der Waals surface area contributed by atoms with Gasteiger partial charge in [-0.2, -0.15) is 0 Å². The summed E-state index contributed by atoms with van der Waals surface area (Å²) in [5.41, 5.74) is 1.28. The maximum atomic E-state index is 12.7. The first kappa shape index (κ1) is 17.4. The molecule has 4 heteroatoms. The number of halogens is 1. The largest absolute Gasteiger partial charge is 0.342 e. The molecule has 25 heavy (non-hydrogen) atoms. The molecule has 1 aromatic carbocycles. The Morgan fingerprint density at radius 2 is 1.80 bits per heavy atom. The fraction of sp³-hybridized carbons (Fsp3) is 0.667. The van der Waals surface area contributed by atoms with Crippen LogP contribution in [0.3, 0.4) is 0 Å². The van der Waals surface area contributed by atoms with Gasteiger partial charge in [0.05, 0.1) is 0 Å². The number of fused-ring (bicyclic) bond motifs is 1. The van der Waals surface area contributed by atoms with Crippen LogP contribution in [0.15, 0.2) is 24.3 Å². The number of hydrogen-bond acceptors (Lipinski definition) is 2. The molecule has 2 heterocycles. The molecule has 2 unspecified atom stereocenters. The lowest BCUT2D eigenvalue weighted by Crippen LogP contribution is -2.36. The second-order valence-electron chi connectivity index (χ2n) is 8.30. The molecule has 1 amide bonds. The van der Waals surface area contributed by atoms with E-state index in [2.05, 4.69) is 21.9 Å². The zero-order chi connectivity index (χ0) is 17.2. The molecule has 2 atom stereocenters. The molecule has 0 bridgehead atoms. The van der Waals surface area contributed by atoms with E-state index in [1.54, 1.807) is 0 Å². The highest BCUT2D eigenvalue weighted by atomic mass is 35.5. The number of carbonyl (C=O) groups excluding carboxylic acids is 1. The van der Waals surface area contributed by atoms with Crippen molar-refractivity contribution >= 4 is 17.5 Å². The van der Waals surface area contributed by atoms with Crippen molar-refractivity contribution in [3.63, 3.8) is 0 Å². The SMILES string of the molecule is O=C(CC1CCN(Cc2cccc(Cl)c2)CC1)N1CC2CCCC2C1. The second-order valence-corrected chi connectivity index (χ2v) is 8.74. The summed E-state index contributed by atoms with van der Waals surface area (Å²) in [6.45, 7) is 5.23. The van der Waals surface area contributed by atoms with Gasteiger partial charge in [0.25, 0.3) is 0 Å². The number of nitrogens with zero attached hydrogens (tertiary/aromatic N) is 2. The predicted octanol–water partition coefficient (Wildman–Crippen LogP) is 4.20. The van der Waals surface area contributed by atoms with E-state index in [1.165, 1.54) is 24.8 Å². The van der Waals surface area contributed by atoms with Gasteiger partial charge in [0.15, 0.2) is 0 Å². The first-order valence-electron chi connectivity index (χ1n) is 9.92. The van der Waals surface area contributed by atoms with Gasteiger partial charge in [0.2, 0.25) is 5.91 Å². The number of rotatable bonds is 4. The van der Waals surface area contributed by atoms with Crippen LogP contribution in [0.25, 0.3) is 0 Å². The third-order valence-electron chi connectivity index (χ3n) is 6.54. The van der Waals surface area contributed by atoms with Crippen molar-refractivity contribution in [2.45, 2.75) is 45.1 Å². The molecule has 1 saturated carbocycles. The first-order chi connectivity index (χ1) is 12.2. The smallest absolute Gasteiger partial charge is 0.222 e. The zero-order valence-corrected chi connectivity index (χ0v) is 15.8. The second kappa shape index (κ2) is 7.67. The molecule has 0 radical (unpaired) electrons. The Balaban J connectivity index is 1.22. The van der Waals surface area contributed by atoms with Crippen molar-refractivity contribution < 1.29 is 4.79 Å². The third-order valence-corrected chi connectivity index (χ3v) is 6.78. The lowest BCUT2D eigenvalue weighted by molar-refractivity contribution is -0.131. The quantitative estimate of drug-likeness (QED) is 0.803. The minimum atomic E-state index is 0.419. The number of hydrogen-bond donors (Lipinski definition) is 0. The molecular formula is C21H29ClN2O. The van der Waals surface area contributed by atoms with E-state index >= 15 is 0 Å². The molecule has 1 aromatic rings. The van der Waals surface area contributed by atoms with Gasteiger partial charge in [-0.25, -0.2) is 0 Å². The van der Waals surface area contributed by atoms with Crippen molar-refractivity contribution in [2.75, 3.05) is 26.2 Å². The summed E-state index contributed by atoms with van der Waals surface area (Å²) >= 11 is 6.08. The van der Waals surface area contributed by atoms with Crippen molar-refractivity contribution in [3.05, 3.63) is 34.9 Å². The summed E-state index contributed by atoms with van der Waals surface area (Å²) in [5, 5.41) is 0.813. The van der Waals surface area contributed by atoms with Gasteiger partial charge >= 0.3 is 0 Å². The van der Waals surface area contributed by atoms with Crippen LogP contribution in [0.1, 0.15) is 44.1 Å².